The van der Waals surface area contributed by atoms with Crippen LogP contribution in [-0.4, -0.2) is 16.8 Å². The first-order valence-electron chi connectivity index (χ1n) is 8.51. The van der Waals surface area contributed by atoms with Crippen LogP contribution < -0.4 is 10.9 Å². The number of benzene rings is 2. The van der Waals surface area contributed by atoms with Crippen molar-refractivity contribution < 1.29 is 14.0 Å². The van der Waals surface area contributed by atoms with Crippen molar-refractivity contribution in [2.45, 2.75) is 19.0 Å². The van der Waals surface area contributed by atoms with E-state index >= 15 is 0 Å². The van der Waals surface area contributed by atoms with Gasteiger partial charge >= 0.3 is 11.7 Å². The van der Waals surface area contributed by atoms with E-state index in [1.807, 2.05) is 0 Å². The molecule has 1 N–H and O–H groups in total. The molecule has 9 heteroatoms. The van der Waals surface area contributed by atoms with Crippen molar-refractivity contribution in [3.8, 4) is 0 Å². The fourth-order valence-electron chi connectivity index (χ4n) is 3.42. The summed E-state index contributed by atoms with van der Waals surface area (Å²) in [7, 11) is 0. The second-order valence-electron chi connectivity index (χ2n) is 6.80. The van der Waals surface area contributed by atoms with Crippen molar-refractivity contribution in [1.82, 2.24) is 10.2 Å². The van der Waals surface area contributed by atoms with Gasteiger partial charge in [-0.25, -0.2) is 9.59 Å². The van der Waals surface area contributed by atoms with E-state index in [0.717, 1.165) is 9.37 Å². The molecule has 1 aromatic heterocycles. The Morgan fingerprint density at radius 2 is 1.86 bits per heavy atom. The zero-order chi connectivity index (χ0) is 20.9. The number of hydrogen-bond donors (Lipinski definition) is 1. The van der Waals surface area contributed by atoms with Gasteiger partial charge in [0.05, 0.1) is 6.54 Å². The van der Waals surface area contributed by atoms with Gasteiger partial charge in [0.1, 0.15) is 11.1 Å². The normalized spacial score (nSPS) is 19.1. The van der Waals surface area contributed by atoms with Gasteiger partial charge in [0.2, 0.25) is 0 Å². The molecule has 2 aromatic carbocycles. The Balaban J connectivity index is 1.74. The van der Waals surface area contributed by atoms with Gasteiger partial charge in [0.25, 0.3) is 5.91 Å². The van der Waals surface area contributed by atoms with E-state index in [-0.39, 0.29) is 11.6 Å². The topological polar surface area (TPSA) is 79.6 Å². The average molecular weight is 496 g/mol. The van der Waals surface area contributed by atoms with Gasteiger partial charge in [0, 0.05) is 31.5 Å². The summed E-state index contributed by atoms with van der Waals surface area (Å²) in [5.41, 5.74) is -0.625. The number of rotatable bonds is 3. The maximum absolute atomic E-state index is 13.2. The lowest BCUT2D eigenvalue weighted by Crippen LogP contribution is -2.41. The minimum Gasteiger partial charge on any atom is -0.423 e. The van der Waals surface area contributed by atoms with Gasteiger partial charge in [-0.15, -0.1) is 0 Å². The molecule has 0 spiro atoms. The van der Waals surface area contributed by atoms with E-state index in [1.165, 1.54) is 12.1 Å². The van der Waals surface area contributed by atoms with Gasteiger partial charge in [-0.1, -0.05) is 45.2 Å². The molecule has 0 bridgehead atoms. The molecule has 4 rings (SSSR count). The first kappa shape index (κ1) is 19.9. The summed E-state index contributed by atoms with van der Waals surface area (Å²) in [4.78, 5) is 38.9. The number of fused-ring (bicyclic) bond motifs is 1. The zero-order valence-electron chi connectivity index (χ0n) is 15.0. The maximum Gasteiger partial charge on any atom is 0.336 e. The van der Waals surface area contributed by atoms with Crippen LogP contribution in [0.2, 0.25) is 10.0 Å². The van der Waals surface area contributed by atoms with Crippen LogP contribution in [0.1, 0.15) is 18.1 Å². The standard InChI is InChI=1S/C20H13BrCl2N2O4/c1-20(14-5-3-12(22)8-15(14)23)18(27)25(19(28)24-20)9-10-6-17(26)29-16-7-11(21)2-4-13(10)16/h2-8H,9H2,1H3,(H,24,28). The molecule has 148 valence electrons. The number of carbonyl (C=O) groups is 2. The minimum absolute atomic E-state index is 0.0881. The highest BCUT2D eigenvalue weighted by molar-refractivity contribution is 9.10. The van der Waals surface area contributed by atoms with Crippen LogP contribution >= 0.6 is 39.1 Å². The van der Waals surface area contributed by atoms with Crippen molar-refractivity contribution >= 4 is 62.0 Å². The fourth-order valence-corrected chi connectivity index (χ4v) is 4.36. The summed E-state index contributed by atoms with van der Waals surface area (Å²) < 4.78 is 5.96. The number of carbonyl (C=O) groups excluding carboxylic acids is 2. The molecule has 1 unspecified atom stereocenters. The Morgan fingerprint density at radius 1 is 1.10 bits per heavy atom. The van der Waals surface area contributed by atoms with Crippen molar-refractivity contribution in [2.75, 3.05) is 0 Å². The molecule has 29 heavy (non-hydrogen) atoms. The molecule has 6 nitrogen and oxygen atoms in total. The SMILES string of the molecule is CC1(c2ccc(Cl)cc2Cl)NC(=O)N(Cc2cc(=O)oc3cc(Br)ccc23)C1=O. The number of halogens is 3. The van der Waals surface area contributed by atoms with Crippen LogP contribution in [0.5, 0.6) is 0 Å². The lowest BCUT2D eigenvalue weighted by Gasteiger charge is -2.23. The largest absolute Gasteiger partial charge is 0.423 e. The maximum atomic E-state index is 13.2. The van der Waals surface area contributed by atoms with Crippen LogP contribution in [0.4, 0.5) is 4.79 Å². The molecule has 3 aromatic rings. The van der Waals surface area contributed by atoms with Gasteiger partial charge in [-0.05, 0) is 42.8 Å². The summed E-state index contributed by atoms with van der Waals surface area (Å²) in [5.74, 6) is -0.481. The van der Waals surface area contributed by atoms with Gasteiger partial charge < -0.3 is 9.73 Å². The first-order valence-corrected chi connectivity index (χ1v) is 10.1. The minimum atomic E-state index is -1.35. The molecule has 0 radical (unpaired) electrons. The van der Waals surface area contributed by atoms with Crippen molar-refractivity contribution in [1.29, 1.82) is 0 Å². The highest BCUT2D eigenvalue weighted by Crippen LogP contribution is 2.36. The Hall–Kier alpha value is -2.35. The van der Waals surface area contributed by atoms with E-state index in [4.69, 9.17) is 27.6 Å². The number of hydrogen-bond acceptors (Lipinski definition) is 4. The molecule has 1 saturated heterocycles. The summed E-state index contributed by atoms with van der Waals surface area (Å²) in [6.45, 7) is 1.49. The van der Waals surface area contributed by atoms with Crippen LogP contribution in [0.15, 0.2) is 56.1 Å². The van der Waals surface area contributed by atoms with E-state index in [0.29, 0.717) is 27.1 Å². The highest BCUT2D eigenvalue weighted by atomic mass is 79.9. The fraction of sp³-hybridized carbons (Fsp3) is 0.150. The average Bonchev–Trinajstić information content (AvgIpc) is 2.84. The molecular weight excluding hydrogens is 483 g/mol. The number of urea groups is 1. The summed E-state index contributed by atoms with van der Waals surface area (Å²) in [6, 6.07) is 10.6. The number of nitrogens with zero attached hydrogens (tertiary/aromatic N) is 1. The van der Waals surface area contributed by atoms with Crippen LogP contribution in [-0.2, 0) is 16.9 Å². The molecule has 2 heterocycles. The molecule has 1 aliphatic heterocycles. The van der Waals surface area contributed by atoms with Crippen LogP contribution in [0, 0.1) is 0 Å². The van der Waals surface area contributed by atoms with Crippen molar-refractivity contribution in [3.05, 3.63) is 78.5 Å². The Morgan fingerprint density at radius 3 is 2.59 bits per heavy atom. The van der Waals surface area contributed by atoms with Gasteiger partial charge in [-0.2, -0.15) is 0 Å². The molecule has 3 amide bonds. The second-order valence-corrected chi connectivity index (χ2v) is 8.56. The van der Waals surface area contributed by atoms with E-state index in [9.17, 15) is 14.4 Å². The Labute approximate surface area is 183 Å². The lowest BCUT2D eigenvalue weighted by molar-refractivity contribution is -0.131. The van der Waals surface area contributed by atoms with E-state index < -0.39 is 23.1 Å². The van der Waals surface area contributed by atoms with Gasteiger partial charge in [-0.3, -0.25) is 9.69 Å². The Bertz CT molecular complexity index is 1240. The quantitative estimate of drug-likeness (QED) is 0.417. The molecule has 0 aliphatic carbocycles. The molecule has 0 saturated carbocycles. The number of nitrogens with one attached hydrogen (secondary N) is 1. The number of imide groups is 1. The predicted molar refractivity (Wildman–Crippen MR) is 113 cm³/mol. The van der Waals surface area contributed by atoms with Crippen LogP contribution in [0.3, 0.4) is 0 Å². The first-order chi connectivity index (χ1) is 13.7. The van der Waals surface area contributed by atoms with Crippen molar-refractivity contribution in [3.63, 3.8) is 0 Å². The molecule has 1 fully saturated rings. The predicted octanol–water partition coefficient (Wildman–Crippen LogP) is 4.83. The molecule has 1 atom stereocenters. The Kier molecular flexibility index (Phi) is 4.93. The van der Waals surface area contributed by atoms with Gasteiger partial charge in [0.15, 0.2) is 0 Å². The third-order valence-corrected chi connectivity index (χ3v) is 5.91. The summed E-state index contributed by atoms with van der Waals surface area (Å²) in [5, 5.41) is 4.02. The molecular formula is C20H13BrCl2N2O4. The summed E-state index contributed by atoms with van der Waals surface area (Å²) >= 11 is 15.5. The van der Waals surface area contributed by atoms with Crippen LogP contribution in [0.25, 0.3) is 11.0 Å². The lowest BCUT2D eigenvalue weighted by atomic mass is 9.92. The van der Waals surface area contributed by atoms with Crippen molar-refractivity contribution in [2.24, 2.45) is 0 Å². The highest BCUT2D eigenvalue weighted by Gasteiger charge is 2.50. The zero-order valence-corrected chi connectivity index (χ0v) is 18.1. The van der Waals surface area contributed by atoms with E-state index in [1.54, 1.807) is 37.3 Å². The smallest absolute Gasteiger partial charge is 0.336 e. The molecule has 1 aliphatic rings. The monoisotopic (exact) mass is 494 g/mol. The second kappa shape index (κ2) is 7.16. The van der Waals surface area contributed by atoms with E-state index in [2.05, 4.69) is 21.2 Å². The number of amides is 3. The summed E-state index contributed by atoms with van der Waals surface area (Å²) in [6.07, 6.45) is 0. The third kappa shape index (κ3) is 3.43. The third-order valence-electron chi connectivity index (χ3n) is 4.87.